The SMILES string of the molecule is C=CCN(C[C@@H]1C[C@H](c2ccc(CO)cc2)O[C@H](c2ccc(CNC(=O)Nc3ccc(Oc4ccccc4)cc3)cc2)O1)C1CCCC1. The molecule has 4 aromatic rings. The van der Waals surface area contributed by atoms with Gasteiger partial charge in [-0.05, 0) is 65.9 Å². The number of anilines is 1. The number of para-hydroxylation sites is 1. The smallest absolute Gasteiger partial charge is 0.319 e. The van der Waals surface area contributed by atoms with Crippen LogP contribution in [0, 0.1) is 0 Å². The monoisotopic (exact) mass is 647 g/mol. The Morgan fingerprint density at radius 2 is 1.52 bits per heavy atom. The summed E-state index contributed by atoms with van der Waals surface area (Å²) in [5.41, 5.74) is 4.51. The fourth-order valence-corrected chi connectivity index (χ4v) is 6.48. The van der Waals surface area contributed by atoms with E-state index < -0.39 is 6.29 Å². The van der Waals surface area contributed by atoms with E-state index in [0.29, 0.717) is 24.0 Å². The van der Waals surface area contributed by atoms with Crippen molar-refractivity contribution in [3.63, 3.8) is 0 Å². The first-order valence-electron chi connectivity index (χ1n) is 16.9. The average Bonchev–Trinajstić information content (AvgIpc) is 3.67. The standard InChI is InChI=1S/C40H45N3O5/c1-2-24-43(34-8-6-7-9-34)27-37-25-38(31-16-14-30(28-44)15-17-31)48-39(47-37)32-18-12-29(13-19-32)26-41-40(45)42-33-20-22-36(23-21-33)46-35-10-4-3-5-11-35/h2-5,10-23,34,37-39,44H,1,6-9,24-28H2,(H2,41,42,45)/t37-,38+,39+/m0/s1. The van der Waals surface area contributed by atoms with Crippen molar-refractivity contribution in [3.05, 3.63) is 138 Å². The summed E-state index contributed by atoms with van der Waals surface area (Å²) in [6.07, 6.45) is 7.04. The first-order chi connectivity index (χ1) is 23.6. The van der Waals surface area contributed by atoms with Gasteiger partial charge in [0.2, 0.25) is 0 Å². The van der Waals surface area contributed by atoms with E-state index in [1.165, 1.54) is 25.7 Å². The molecule has 3 N–H and O–H groups in total. The van der Waals surface area contributed by atoms with E-state index in [1.807, 2.05) is 109 Å². The Kier molecular flexibility index (Phi) is 11.5. The molecule has 0 unspecified atom stereocenters. The summed E-state index contributed by atoms with van der Waals surface area (Å²) in [6, 6.07) is 33.1. The topological polar surface area (TPSA) is 92.3 Å². The molecule has 2 aliphatic rings. The maximum absolute atomic E-state index is 12.6. The van der Waals surface area contributed by atoms with Crippen molar-refractivity contribution in [3.8, 4) is 11.5 Å². The number of ether oxygens (including phenoxy) is 3. The van der Waals surface area contributed by atoms with Crippen LogP contribution >= 0.6 is 0 Å². The number of nitrogens with one attached hydrogen (secondary N) is 2. The molecule has 1 saturated carbocycles. The number of hydrogen-bond acceptors (Lipinski definition) is 6. The summed E-state index contributed by atoms with van der Waals surface area (Å²) < 4.78 is 19.0. The lowest BCUT2D eigenvalue weighted by molar-refractivity contribution is -0.253. The van der Waals surface area contributed by atoms with Gasteiger partial charge in [0.05, 0.1) is 18.8 Å². The van der Waals surface area contributed by atoms with E-state index in [1.54, 1.807) is 0 Å². The number of nitrogens with zero attached hydrogens (tertiary/aromatic N) is 1. The fraction of sp³-hybridized carbons (Fsp3) is 0.325. The molecule has 0 bridgehead atoms. The summed E-state index contributed by atoms with van der Waals surface area (Å²) in [5.74, 6) is 1.45. The number of amides is 2. The van der Waals surface area contributed by atoms with Crippen LogP contribution in [0.2, 0.25) is 0 Å². The third kappa shape index (κ3) is 9.11. The van der Waals surface area contributed by atoms with Gasteiger partial charge >= 0.3 is 6.03 Å². The first kappa shape index (κ1) is 33.4. The Balaban J connectivity index is 1.06. The van der Waals surface area contributed by atoms with Gasteiger partial charge in [-0.15, -0.1) is 6.58 Å². The minimum Gasteiger partial charge on any atom is -0.457 e. The lowest BCUT2D eigenvalue weighted by atomic mass is 9.99. The minimum atomic E-state index is -0.528. The molecule has 2 fully saturated rings. The van der Waals surface area contributed by atoms with Gasteiger partial charge in [0.1, 0.15) is 11.5 Å². The largest absolute Gasteiger partial charge is 0.457 e. The molecule has 1 aliphatic heterocycles. The van der Waals surface area contributed by atoms with E-state index in [2.05, 4.69) is 22.1 Å². The van der Waals surface area contributed by atoms with Gasteiger partial charge in [-0.2, -0.15) is 0 Å². The number of hydrogen-bond donors (Lipinski definition) is 3. The zero-order chi connectivity index (χ0) is 33.1. The molecular weight excluding hydrogens is 602 g/mol. The molecule has 1 heterocycles. The summed E-state index contributed by atoms with van der Waals surface area (Å²) >= 11 is 0. The molecule has 8 heteroatoms. The molecule has 0 aromatic heterocycles. The predicted octanol–water partition coefficient (Wildman–Crippen LogP) is 8.27. The molecule has 3 atom stereocenters. The number of rotatable bonds is 13. The van der Waals surface area contributed by atoms with E-state index in [0.717, 1.165) is 47.5 Å². The average molecular weight is 648 g/mol. The molecular formula is C40H45N3O5. The zero-order valence-corrected chi connectivity index (χ0v) is 27.3. The van der Waals surface area contributed by atoms with E-state index in [4.69, 9.17) is 14.2 Å². The van der Waals surface area contributed by atoms with Gasteiger partial charge in [-0.3, -0.25) is 4.90 Å². The lowest BCUT2D eigenvalue weighted by Gasteiger charge is -2.39. The minimum absolute atomic E-state index is 0.0125. The number of urea groups is 1. The Bertz CT molecular complexity index is 1590. The number of aliphatic hydroxyl groups excluding tert-OH is 1. The highest BCUT2D eigenvalue weighted by atomic mass is 16.7. The van der Waals surface area contributed by atoms with Crippen molar-refractivity contribution in [2.45, 2.75) is 69.8 Å². The summed E-state index contributed by atoms with van der Waals surface area (Å²) in [7, 11) is 0. The second kappa shape index (κ2) is 16.6. The fourth-order valence-electron chi connectivity index (χ4n) is 6.48. The second-order valence-corrected chi connectivity index (χ2v) is 12.5. The maximum atomic E-state index is 12.6. The van der Waals surface area contributed by atoms with Crippen LogP contribution < -0.4 is 15.4 Å². The van der Waals surface area contributed by atoms with Crippen LogP contribution in [-0.2, 0) is 22.6 Å². The first-order valence-corrected chi connectivity index (χ1v) is 16.9. The molecule has 250 valence electrons. The van der Waals surface area contributed by atoms with Gasteiger partial charge in [-0.1, -0.05) is 85.6 Å². The molecule has 1 saturated heterocycles. The van der Waals surface area contributed by atoms with Crippen molar-refractivity contribution in [2.75, 3.05) is 18.4 Å². The molecule has 8 nitrogen and oxygen atoms in total. The molecule has 1 aliphatic carbocycles. The van der Waals surface area contributed by atoms with Crippen molar-refractivity contribution < 1.29 is 24.1 Å². The van der Waals surface area contributed by atoms with E-state index in [9.17, 15) is 9.90 Å². The predicted molar refractivity (Wildman–Crippen MR) is 188 cm³/mol. The quantitative estimate of drug-likeness (QED) is 0.127. The van der Waals surface area contributed by atoms with Crippen molar-refractivity contribution >= 4 is 11.7 Å². The van der Waals surface area contributed by atoms with Crippen LogP contribution in [0.4, 0.5) is 10.5 Å². The molecule has 0 spiro atoms. The maximum Gasteiger partial charge on any atom is 0.319 e. The van der Waals surface area contributed by atoms with Gasteiger partial charge in [0.15, 0.2) is 6.29 Å². The molecule has 48 heavy (non-hydrogen) atoms. The number of aliphatic hydroxyl groups is 1. The van der Waals surface area contributed by atoms with Crippen LogP contribution in [0.25, 0.3) is 0 Å². The van der Waals surface area contributed by atoms with Crippen LogP contribution in [-0.4, -0.2) is 41.3 Å². The van der Waals surface area contributed by atoms with Crippen LogP contribution in [0.5, 0.6) is 11.5 Å². The lowest BCUT2D eigenvalue weighted by Crippen LogP contribution is -2.43. The van der Waals surface area contributed by atoms with Crippen molar-refractivity contribution in [1.82, 2.24) is 10.2 Å². The van der Waals surface area contributed by atoms with Crippen LogP contribution in [0.15, 0.2) is 116 Å². The van der Waals surface area contributed by atoms with Crippen LogP contribution in [0.1, 0.15) is 66.8 Å². The Morgan fingerprint density at radius 3 is 2.21 bits per heavy atom. The number of carbonyl (C=O) groups excluding carboxylic acids is 1. The zero-order valence-electron chi connectivity index (χ0n) is 27.3. The van der Waals surface area contributed by atoms with Crippen molar-refractivity contribution in [1.29, 1.82) is 0 Å². The summed E-state index contributed by atoms with van der Waals surface area (Å²) in [4.78, 5) is 15.2. The Morgan fingerprint density at radius 1 is 0.854 bits per heavy atom. The third-order valence-electron chi connectivity index (χ3n) is 9.05. The summed E-state index contributed by atoms with van der Waals surface area (Å²) in [5, 5.41) is 15.3. The highest BCUT2D eigenvalue weighted by Crippen LogP contribution is 2.39. The van der Waals surface area contributed by atoms with Gasteiger partial charge < -0.3 is 30.0 Å². The van der Waals surface area contributed by atoms with Crippen LogP contribution in [0.3, 0.4) is 0 Å². The summed E-state index contributed by atoms with van der Waals surface area (Å²) in [6.45, 7) is 6.06. The van der Waals surface area contributed by atoms with Crippen molar-refractivity contribution in [2.24, 2.45) is 0 Å². The Labute approximate surface area is 283 Å². The molecule has 6 rings (SSSR count). The van der Waals surface area contributed by atoms with E-state index in [-0.39, 0.29) is 24.8 Å². The Hall–Kier alpha value is -4.47. The third-order valence-corrected chi connectivity index (χ3v) is 9.05. The van der Waals surface area contributed by atoms with E-state index >= 15 is 0 Å². The highest BCUT2D eigenvalue weighted by molar-refractivity contribution is 5.89. The molecule has 4 aromatic carbocycles. The van der Waals surface area contributed by atoms with Gasteiger partial charge in [-0.25, -0.2) is 4.79 Å². The normalized spacial score (nSPS) is 19.6. The molecule has 2 amide bonds. The van der Waals surface area contributed by atoms with Gasteiger partial charge in [0, 0.05) is 43.3 Å². The van der Waals surface area contributed by atoms with Gasteiger partial charge in [0.25, 0.3) is 0 Å². The highest BCUT2D eigenvalue weighted by Gasteiger charge is 2.34. The molecule has 0 radical (unpaired) electrons. The number of benzene rings is 4. The second-order valence-electron chi connectivity index (χ2n) is 12.5. The number of carbonyl (C=O) groups is 1.